The van der Waals surface area contributed by atoms with Crippen LogP contribution in [0.5, 0.6) is 5.75 Å². The molecule has 0 fully saturated rings. The molecule has 0 spiro atoms. The Morgan fingerprint density at radius 3 is 2.37 bits per heavy atom. The minimum atomic E-state index is -3.91. The van der Waals surface area contributed by atoms with E-state index in [1.54, 1.807) is 62.4 Å². The standard InChI is InChI=1S/C22H21ClN2O4S/c1-15-12-13-17(24-22(26)16(2)29-18-8-4-3-5-9-18)14-21(15)30(27,28)25-20-11-7-6-10-19(20)23/h3-14,16,25H,1-2H3,(H,24,26). The highest BCUT2D eigenvalue weighted by molar-refractivity contribution is 7.92. The topological polar surface area (TPSA) is 84.5 Å². The zero-order valence-corrected chi connectivity index (χ0v) is 18.0. The van der Waals surface area contributed by atoms with E-state index < -0.39 is 22.0 Å². The average Bonchev–Trinajstić information content (AvgIpc) is 2.71. The Balaban J connectivity index is 1.77. The summed E-state index contributed by atoms with van der Waals surface area (Å²) in [7, 11) is -3.91. The summed E-state index contributed by atoms with van der Waals surface area (Å²) in [4.78, 5) is 12.5. The van der Waals surface area contributed by atoms with Crippen molar-refractivity contribution in [1.82, 2.24) is 0 Å². The molecule has 1 unspecified atom stereocenters. The van der Waals surface area contributed by atoms with Crippen LogP contribution in [0, 0.1) is 6.92 Å². The number of aryl methyl sites for hydroxylation is 1. The molecule has 3 aromatic rings. The van der Waals surface area contributed by atoms with Crippen LogP contribution in [0.25, 0.3) is 0 Å². The van der Waals surface area contributed by atoms with Gasteiger partial charge in [0.15, 0.2) is 6.10 Å². The fourth-order valence-electron chi connectivity index (χ4n) is 2.71. The molecule has 0 saturated carbocycles. The van der Waals surface area contributed by atoms with Crippen molar-refractivity contribution in [1.29, 1.82) is 0 Å². The Morgan fingerprint density at radius 2 is 1.67 bits per heavy atom. The van der Waals surface area contributed by atoms with Gasteiger partial charge in [-0.3, -0.25) is 9.52 Å². The van der Waals surface area contributed by atoms with Gasteiger partial charge in [-0.25, -0.2) is 8.42 Å². The van der Waals surface area contributed by atoms with E-state index in [-0.39, 0.29) is 15.6 Å². The Hall–Kier alpha value is -3.03. The fourth-order valence-corrected chi connectivity index (χ4v) is 4.30. The number of benzene rings is 3. The third-order valence-electron chi connectivity index (χ3n) is 4.29. The molecular weight excluding hydrogens is 424 g/mol. The number of carbonyl (C=O) groups excluding carboxylic acids is 1. The molecule has 2 N–H and O–H groups in total. The van der Waals surface area contributed by atoms with Crippen molar-refractivity contribution < 1.29 is 17.9 Å². The number of nitrogens with one attached hydrogen (secondary N) is 2. The van der Waals surface area contributed by atoms with Gasteiger partial charge in [0.1, 0.15) is 5.75 Å². The van der Waals surface area contributed by atoms with Crippen LogP contribution >= 0.6 is 11.6 Å². The smallest absolute Gasteiger partial charge is 0.265 e. The van der Waals surface area contributed by atoms with E-state index in [0.717, 1.165) is 0 Å². The van der Waals surface area contributed by atoms with Gasteiger partial charge in [0.05, 0.1) is 15.6 Å². The Kier molecular flexibility index (Phi) is 6.64. The van der Waals surface area contributed by atoms with Gasteiger partial charge in [-0.1, -0.05) is 48.0 Å². The Morgan fingerprint density at radius 1 is 1.00 bits per heavy atom. The van der Waals surface area contributed by atoms with Crippen LogP contribution in [0.2, 0.25) is 5.02 Å². The lowest BCUT2D eigenvalue weighted by molar-refractivity contribution is -0.122. The second kappa shape index (κ2) is 9.19. The van der Waals surface area contributed by atoms with Gasteiger partial charge in [-0.05, 0) is 55.8 Å². The van der Waals surface area contributed by atoms with E-state index in [9.17, 15) is 13.2 Å². The molecule has 0 aromatic heterocycles. The zero-order chi connectivity index (χ0) is 21.7. The molecule has 0 radical (unpaired) electrons. The number of anilines is 2. The lowest BCUT2D eigenvalue weighted by Gasteiger charge is -2.16. The zero-order valence-electron chi connectivity index (χ0n) is 16.4. The molecular formula is C22H21ClN2O4S. The minimum absolute atomic E-state index is 0.0388. The van der Waals surface area contributed by atoms with Gasteiger partial charge in [0.2, 0.25) is 0 Å². The number of ether oxygens (including phenoxy) is 1. The molecule has 3 aromatic carbocycles. The van der Waals surface area contributed by atoms with Crippen molar-refractivity contribution in [2.24, 2.45) is 0 Å². The van der Waals surface area contributed by atoms with E-state index in [2.05, 4.69) is 10.0 Å². The number of rotatable bonds is 7. The molecule has 0 aliphatic heterocycles. The van der Waals surface area contributed by atoms with E-state index in [1.807, 2.05) is 18.2 Å². The molecule has 30 heavy (non-hydrogen) atoms. The molecule has 156 valence electrons. The summed E-state index contributed by atoms with van der Waals surface area (Å²) < 4.78 is 33.8. The van der Waals surface area contributed by atoms with Crippen molar-refractivity contribution in [3.8, 4) is 5.75 Å². The van der Waals surface area contributed by atoms with Gasteiger partial charge >= 0.3 is 0 Å². The number of sulfonamides is 1. The molecule has 1 atom stereocenters. The highest BCUT2D eigenvalue weighted by Crippen LogP contribution is 2.27. The summed E-state index contributed by atoms with van der Waals surface area (Å²) in [6, 6.07) is 20.2. The molecule has 6 nitrogen and oxygen atoms in total. The van der Waals surface area contributed by atoms with Gasteiger partial charge in [-0.2, -0.15) is 0 Å². The van der Waals surface area contributed by atoms with Crippen LogP contribution in [0.1, 0.15) is 12.5 Å². The van der Waals surface area contributed by atoms with E-state index >= 15 is 0 Å². The van der Waals surface area contributed by atoms with Crippen molar-refractivity contribution in [2.45, 2.75) is 24.8 Å². The highest BCUT2D eigenvalue weighted by atomic mass is 35.5. The molecule has 0 aliphatic carbocycles. The lowest BCUT2D eigenvalue weighted by Crippen LogP contribution is -2.30. The molecule has 0 heterocycles. The Bertz CT molecular complexity index is 1150. The summed E-state index contributed by atoms with van der Waals surface area (Å²) in [6.07, 6.45) is -0.769. The van der Waals surface area contributed by atoms with Crippen LogP contribution in [0.3, 0.4) is 0 Å². The van der Waals surface area contributed by atoms with Gasteiger partial charge < -0.3 is 10.1 Å². The van der Waals surface area contributed by atoms with Gasteiger partial charge in [-0.15, -0.1) is 0 Å². The first-order valence-electron chi connectivity index (χ1n) is 9.17. The molecule has 0 saturated heterocycles. The molecule has 8 heteroatoms. The Labute approximate surface area is 180 Å². The fraction of sp³-hybridized carbons (Fsp3) is 0.136. The predicted octanol–water partition coefficient (Wildman–Crippen LogP) is 4.86. The van der Waals surface area contributed by atoms with Crippen molar-refractivity contribution >= 4 is 38.9 Å². The summed E-state index contributed by atoms with van der Waals surface area (Å²) in [5, 5.41) is 2.98. The maximum atomic E-state index is 12.9. The normalized spacial score (nSPS) is 12.1. The number of carbonyl (C=O) groups is 1. The first-order chi connectivity index (χ1) is 14.3. The van der Waals surface area contributed by atoms with E-state index in [4.69, 9.17) is 16.3 Å². The quantitative estimate of drug-likeness (QED) is 0.545. The largest absolute Gasteiger partial charge is 0.481 e. The number of hydrogen-bond acceptors (Lipinski definition) is 4. The van der Waals surface area contributed by atoms with Gasteiger partial charge in [0.25, 0.3) is 15.9 Å². The predicted molar refractivity (Wildman–Crippen MR) is 119 cm³/mol. The summed E-state index contributed by atoms with van der Waals surface area (Å²) >= 11 is 6.06. The summed E-state index contributed by atoms with van der Waals surface area (Å²) in [5.74, 6) is 0.168. The summed E-state index contributed by atoms with van der Waals surface area (Å²) in [5.41, 5.74) is 1.15. The van der Waals surface area contributed by atoms with Crippen molar-refractivity contribution in [2.75, 3.05) is 10.0 Å². The molecule has 0 aliphatic rings. The van der Waals surface area contributed by atoms with Crippen LogP contribution in [-0.4, -0.2) is 20.4 Å². The van der Waals surface area contributed by atoms with Crippen molar-refractivity contribution in [3.63, 3.8) is 0 Å². The lowest BCUT2D eigenvalue weighted by atomic mass is 10.2. The molecule has 0 bridgehead atoms. The first kappa shape index (κ1) is 21.7. The first-order valence-corrected chi connectivity index (χ1v) is 11.0. The summed E-state index contributed by atoms with van der Waals surface area (Å²) in [6.45, 7) is 3.29. The third kappa shape index (κ3) is 5.31. The number of halogens is 1. The monoisotopic (exact) mass is 444 g/mol. The minimum Gasteiger partial charge on any atom is -0.481 e. The third-order valence-corrected chi connectivity index (χ3v) is 6.13. The van der Waals surface area contributed by atoms with Crippen LogP contribution in [-0.2, 0) is 14.8 Å². The van der Waals surface area contributed by atoms with Gasteiger partial charge in [0, 0.05) is 5.69 Å². The van der Waals surface area contributed by atoms with Crippen LogP contribution in [0.15, 0.2) is 77.7 Å². The number of hydrogen-bond donors (Lipinski definition) is 2. The second-order valence-electron chi connectivity index (χ2n) is 6.63. The number of amides is 1. The van der Waals surface area contributed by atoms with E-state index in [0.29, 0.717) is 17.0 Å². The second-order valence-corrected chi connectivity index (χ2v) is 8.69. The SMILES string of the molecule is Cc1ccc(NC(=O)C(C)Oc2ccccc2)cc1S(=O)(=O)Nc1ccccc1Cl. The van der Waals surface area contributed by atoms with Crippen LogP contribution < -0.4 is 14.8 Å². The maximum absolute atomic E-state index is 12.9. The highest BCUT2D eigenvalue weighted by Gasteiger charge is 2.20. The van der Waals surface area contributed by atoms with Crippen molar-refractivity contribution in [3.05, 3.63) is 83.4 Å². The maximum Gasteiger partial charge on any atom is 0.265 e. The molecule has 1 amide bonds. The van der Waals surface area contributed by atoms with Crippen LogP contribution in [0.4, 0.5) is 11.4 Å². The average molecular weight is 445 g/mol. The van der Waals surface area contributed by atoms with E-state index in [1.165, 1.54) is 6.07 Å². The number of para-hydroxylation sites is 2. The molecule has 3 rings (SSSR count).